The highest BCUT2D eigenvalue weighted by Crippen LogP contribution is 2.11. The van der Waals surface area contributed by atoms with Crippen molar-refractivity contribution < 1.29 is 13.2 Å². The number of hydrogen-bond acceptors (Lipinski definition) is 5. The Bertz CT molecular complexity index is 892. The molecule has 0 unspecified atom stereocenters. The molecule has 1 fully saturated rings. The SMILES string of the molecule is CS(=O)(=O)c1cccc(C(=O)NCCN2CCN(Cc3ccccc3)CC2)c1. The fourth-order valence-electron chi connectivity index (χ4n) is 3.31. The Morgan fingerprint density at radius 3 is 2.32 bits per heavy atom. The highest BCUT2D eigenvalue weighted by atomic mass is 32.2. The molecule has 6 nitrogen and oxygen atoms in total. The van der Waals surface area contributed by atoms with Gasteiger partial charge in [-0.2, -0.15) is 0 Å². The van der Waals surface area contributed by atoms with Crippen LogP contribution in [0.1, 0.15) is 15.9 Å². The first-order valence-electron chi connectivity index (χ1n) is 9.49. The lowest BCUT2D eigenvalue weighted by atomic mass is 10.2. The van der Waals surface area contributed by atoms with Gasteiger partial charge in [0.15, 0.2) is 9.84 Å². The summed E-state index contributed by atoms with van der Waals surface area (Å²) < 4.78 is 23.3. The number of amides is 1. The number of piperazine rings is 1. The number of nitrogens with one attached hydrogen (secondary N) is 1. The van der Waals surface area contributed by atoms with E-state index >= 15 is 0 Å². The number of sulfone groups is 1. The highest BCUT2D eigenvalue weighted by Gasteiger charge is 2.17. The average molecular weight is 402 g/mol. The van der Waals surface area contributed by atoms with E-state index in [1.54, 1.807) is 12.1 Å². The molecule has 7 heteroatoms. The molecule has 0 saturated carbocycles. The fraction of sp³-hybridized carbons (Fsp3) is 0.381. The molecule has 1 amide bonds. The van der Waals surface area contributed by atoms with Crippen molar-refractivity contribution in [3.8, 4) is 0 Å². The molecular weight excluding hydrogens is 374 g/mol. The van der Waals surface area contributed by atoms with Crippen LogP contribution in [0.15, 0.2) is 59.5 Å². The van der Waals surface area contributed by atoms with E-state index in [4.69, 9.17) is 0 Å². The number of nitrogens with zero attached hydrogens (tertiary/aromatic N) is 2. The lowest BCUT2D eigenvalue weighted by molar-refractivity contribution is 0.0934. The zero-order valence-electron chi connectivity index (χ0n) is 16.2. The lowest BCUT2D eigenvalue weighted by Crippen LogP contribution is -2.48. The van der Waals surface area contributed by atoms with E-state index in [1.807, 2.05) is 6.07 Å². The molecule has 0 aromatic heterocycles. The molecule has 2 aromatic rings. The first kappa shape index (κ1) is 20.5. The third kappa shape index (κ3) is 5.89. The van der Waals surface area contributed by atoms with Crippen LogP contribution in [0.4, 0.5) is 0 Å². The Balaban J connectivity index is 1.41. The second-order valence-corrected chi connectivity index (χ2v) is 9.18. The maximum absolute atomic E-state index is 12.3. The summed E-state index contributed by atoms with van der Waals surface area (Å²) in [6.07, 6.45) is 1.14. The predicted molar refractivity (Wildman–Crippen MR) is 110 cm³/mol. The average Bonchev–Trinajstić information content (AvgIpc) is 2.69. The number of benzene rings is 2. The summed E-state index contributed by atoms with van der Waals surface area (Å²) in [6, 6.07) is 16.6. The van der Waals surface area contributed by atoms with Crippen LogP contribution < -0.4 is 5.32 Å². The normalized spacial score (nSPS) is 16.0. The van der Waals surface area contributed by atoms with Crippen molar-refractivity contribution in [2.24, 2.45) is 0 Å². The number of carbonyl (C=O) groups is 1. The molecule has 1 saturated heterocycles. The third-order valence-corrected chi connectivity index (χ3v) is 6.06. The Morgan fingerprint density at radius 1 is 0.964 bits per heavy atom. The van der Waals surface area contributed by atoms with Gasteiger partial charge in [-0.25, -0.2) is 8.42 Å². The summed E-state index contributed by atoms with van der Waals surface area (Å²) in [5, 5.41) is 2.89. The van der Waals surface area contributed by atoms with E-state index in [0.29, 0.717) is 12.1 Å². The van der Waals surface area contributed by atoms with Gasteiger partial charge in [0.2, 0.25) is 0 Å². The van der Waals surface area contributed by atoms with Gasteiger partial charge in [0.25, 0.3) is 5.91 Å². The van der Waals surface area contributed by atoms with Gasteiger partial charge in [0, 0.05) is 57.6 Å². The number of carbonyl (C=O) groups excluding carboxylic acids is 1. The van der Waals surface area contributed by atoms with E-state index in [2.05, 4.69) is 39.4 Å². The van der Waals surface area contributed by atoms with Crippen LogP contribution in [-0.2, 0) is 16.4 Å². The maximum Gasteiger partial charge on any atom is 0.251 e. The van der Waals surface area contributed by atoms with Crippen molar-refractivity contribution >= 4 is 15.7 Å². The zero-order chi connectivity index (χ0) is 20.0. The van der Waals surface area contributed by atoms with Crippen LogP contribution in [0.2, 0.25) is 0 Å². The van der Waals surface area contributed by atoms with Gasteiger partial charge in [-0.05, 0) is 23.8 Å². The molecule has 1 heterocycles. The largest absolute Gasteiger partial charge is 0.351 e. The molecular formula is C21H27N3O3S. The van der Waals surface area contributed by atoms with Crippen LogP contribution in [0, 0.1) is 0 Å². The molecule has 0 atom stereocenters. The smallest absolute Gasteiger partial charge is 0.251 e. The maximum atomic E-state index is 12.3. The molecule has 150 valence electrons. The predicted octanol–water partition coefficient (Wildman–Crippen LogP) is 1.64. The Labute approximate surface area is 167 Å². The molecule has 1 aliphatic heterocycles. The molecule has 0 radical (unpaired) electrons. The molecule has 3 rings (SSSR count). The summed E-state index contributed by atoms with van der Waals surface area (Å²) in [6.45, 7) is 6.29. The van der Waals surface area contributed by atoms with Gasteiger partial charge >= 0.3 is 0 Å². The summed E-state index contributed by atoms with van der Waals surface area (Å²) in [5.41, 5.74) is 1.70. The van der Waals surface area contributed by atoms with Crippen molar-refractivity contribution in [3.05, 3.63) is 65.7 Å². The third-order valence-electron chi connectivity index (χ3n) is 4.95. The first-order valence-corrected chi connectivity index (χ1v) is 11.4. The van der Waals surface area contributed by atoms with E-state index in [-0.39, 0.29) is 10.8 Å². The van der Waals surface area contributed by atoms with Crippen molar-refractivity contribution in [2.75, 3.05) is 45.5 Å². The molecule has 28 heavy (non-hydrogen) atoms. The molecule has 0 aliphatic carbocycles. The lowest BCUT2D eigenvalue weighted by Gasteiger charge is -2.34. The van der Waals surface area contributed by atoms with Crippen LogP contribution in [0.25, 0.3) is 0 Å². The van der Waals surface area contributed by atoms with E-state index in [0.717, 1.165) is 45.5 Å². The van der Waals surface area contributed by atoms with Crippen LogP contribution in [0.5, 0.6) is 0 Å². The van der Waals surface area contributed by atoms with Crippen molar-refractivity contribution in [2.45, 2.75) is 11.4 Å². The van der Waals surface area contributed by atoms with E-state index < -0.39 is 9.84 Å². The van der Waals surface area contributed by atoms with Crippen molar-refractivity contribution in [1.82, 2.24) is 15.1 Å². The molecule has 1 aliphatic rings. The summed E-state index contributed by atoms with van der Waals surface area (Å²) in [7, 11) is -3.32. The summed E-state index contributed by atoms with van der Waals surface area (Å²) in [5.74, 6) is -0.242. The molecule has 0 spiro atoms. The minimum absolute atomic E-state index is 0.162. The summed E-state index contributed by atoms with van der Waals surface area (Å²) >= 11 is 0. The highest BCUT2D eigenvalue weighted by molar-refractivity contribution is 7.90. The second-order valence-electron chi connectivity index (χ2n) is 7.16. The van der Waals surface area contributed by atoms with Crippen molar-refractivity contribution in [1.29, 1.82) is 0 Å². The monoisotopic (exact) mass is 401 g/mol. The Morgan fingerprint density at radius 2 is 1.64 bits per heavy atom. The van der Waals surface area contributed by atoms with Gasteiger partial charge < -0.3 is 5.32 Å². The van der Waals surface area contributed by atoms with Gasteiger partial charge in [-0.15, -0.1) is 0 Å². The minimum Gasteiger partial charge on any atom is -0.351 e. The van der Waals surface area contributed by atoms with E-state index in [9.17, 15) is 13.2 Å². The second kappa shape index (κ2) is 9.32. The topological polar surface area (TPSA) is 69.7 Å². The van der Waals surface area contributed by atoms with Crippen LogP contribution in [0.3, 0.4) is 0 Å². The van der Waals surface area contributed by atoms with Crippen LogP contribution >= 0.6 is 0 Å². The molecule has 0 bridgehead atoms. The standard InChI is InChI=1S/C21H27N3O3S/c1-28(26,27)20-9-5-8-19(16-20)21(25)22-10-11-23-12-14-24(15-13-23)17-18-6-3-2-4-7-18/h2-9,16H,10-15,17H2,1H3,(H,22,25). The first-order chi connectivity index (χ1) is 13.4. The minimum atomic E-state index is -3.32. The molecule has 1 N–H and O–H groups in total. The molecule has 2 aromatic carbocycles. The summed E-state index contributed by atoms with van der Waals surface area (Å²) in [4.78, 5) is 17.2. The number of hydrogen-bond donors (Lipinski definition) is 1. The van der Waals surface area contributed by atoms with Gasteiger partial charge in [0.05, 0.1) is 4.90 Å². The number of rotatable bonds is 7. The Hall–Kier alpha value is -2.22. The Kier molecular flexibility index (Phi) is 6.83. The van der Waals surface area contributed by atoms with Gasteiger partial charge in [-0.3, -0.25) is 14.6 Å². The van der Waals surface area contributed by atoms with E-state index in [1.165, 1.54) is 17.7 Å². The van der Waals surface area contributed by atoms with Gasteiger partial charge in [0.1, 0.15) is 0 Å². The van der Waals surface area contributed by atoms with Gasteiger partial charge in [-0.1, -0.05) is 36.4 Å². The quantitative estimate of drug-likeness (QED) is 0.764. The van der Waals surface area contributed by atoms with Crippen molar-refractivity contribution in [3.63, 3.8) is 0 Å². The fourth-order valence-corrected chi connectivity index (χ4v) is 3.98. The van der Waals surface area contributed by atoms with Crippen LogP contribution in [-0.4, -0.2) is 69.6 Å². The zero-order valence-corrected chi connectivity index (χ0v) is 17.0.